The number of benzene rings is 1. The van der Waals surface area contributed by atoms with Crippen molar-refractivity contribution < 1.29 is 9.53 Å². The number of esters is 1. The van der Waals surface area contributed by atoms with Gasteiger partial charge in [-0.1, -0.05) is 24.8 Å². The van der Waals surface area contributed by atoms with Crippen LogP contribution in [0.4, 0.5) is 0 Å². The molecule has 1 aromatic heterocycles. The summed E-state index contributed by atoms with van der Waals surface area (Å²) in [4.78, 5) is 13.2. The van der Waals surface area contributed by atoms with E-state index in [2.05, 4.69) is 29.2 Å². The molecule has 0 fully saturated rings. The molecule has 2 aromatic rings. The van der Waals surface area contributed by atoms with Gasteiger partial charge >= 0.3 is 5.97 Å². The van der Waals surface area contributed by atoms with Gasteiger partial charge in [-0.15, -0.1) is 11.3 Å². The highest BCUT2D eigenvalue weighted by Gasteiger charge is 2.27. The minimum absolute atomic E-state index is 0.311. The van der Waals surface area contributed by atoms with E-state index in [1.165, 1.54) is 2.88 Å². The minimum Gasteiger partial charge on any atom is -0.450 e. The van der Waals surface area contributed by atoms with E-state index < -0.39 is 5.60 Å². The summed E-state index contributed by atoms with van der Waals surface area (Å²) in [5, 5.41) is 0. The van der Waals surface area contributed by atoms with Crippen molar-refractivity contribution in [3.63, 3.8) is 0 Å². The SMILES string of the molecule is C=Cc1ccc(C(=O)OC(C)(C)c2ccc(I)s2)cc1. The molecule has 0 radical (unpaired) electrons. The Hall–Kier alpha value is -1.14. The summed E-state index contributed by atoms with van der Waals surface area (Å²) in [6.07, 6.45) is 1.74. The highest BCUT2D eigenvalue weighted by molar-refractivity contribution is 14.1. The lowest BCUT2D eigenvalue weighted by molar-refractivity contribution is -0.00155. The zero-order valence-corrected chi connectivity index (χ0v) is 14.3. The smallest absolute Gasteiger partial charge is 0.339 e. The van der Waals surface area contributed by atoms with Crippen molar-refractivity contribution in [1.82, 2.24) is 0 Å². The summed E-state index contributed by atoms with van der Waals surface area (Å²) in [5.41, 5.74) is 0.908. The highest BCUT2D eigenvalue weighted by atomic mass is 127. The number of ether oxygens (including phenoxy) is 1. The molecular weight excluding hydrogens is 383 g/mol. The van der Waals surface area contributed by atoms with Crippen LogP contribution in [0.1, 0.15) is 34.6 Å². The van der Waals surface area contributed by atoms with Gasteiger partial charge in [-0.2, -0.15) is 0 Å². The number of halogens is 1. The molecule has 104 valence electrons. The molecule has 1 heterocycles. The van der Waals surface area contributed by atoms with Crippen molar-refractivity contribution >= 4 is 46.0 Å². The van der Waals surface area contributed by atoms with Crippen molar-refractivity contribution in [2.75, 3.05) is 0 Å². The van der Waals surface area contributed by atoms with Crippen molar-refractivity contribution in [1.29, 1.82) is 0 Å². The van der Waals surface area contributed by atoms with Crippen LogP contribution in [-0.2, 0) is 10.3 Å². The van der Waals surface area contributed by atoms with Crippen molar-refractivity contribution in [2.24, 2.45) is 0 Å². The van der Waals surface area contributed by atoms with Crippen LogP contribution in [0.15, 0.2) is 43.0 Å². The summed E-state index contributed by atoms with van der Waals surface area (Å²) in [5.74, 6) is -0.311. The quantitative estimate of drug-likeness (QED) is 0.530. The Bertz CT molecular complexity index is 626. The van der Waals surface area contributed by atoms with Crippen LogP contribution in [0, 0.1) is 2.88 Å². The van der Waals surface area contributed by atoms with E-state index in [1.54, 1.807) is 29.5 Å². The van der Waals surface area contributed by atoms with Gasteiger partial charge in [0.25, 0.3) is 0 Å². The lowest BCUT2D eigenvalue weighted by Crippen LogP contribution is -2.24. The second kappa shape index (κ2) is 6.10. The molecule has 0 atom stereocenters. The Morgan fingerprint density at radius 1 is 1.25 bits per heavy atom. The molecule has 0 N–H and O–H groups in total. The second-order valence-electron chi connectivity index (χ2n) is 4.83. The molecule has 0 aliphatic rings. The standard InChI is InChI=1S/C16H15IO2S/c1-4-11-5-7-12(8-6-11)15(18)19-16(2,3)13-9-10-14(17)20-13/h4-10H,1H2,2-3H3. The molecule has 0 saturated heterocycles. The maximum absolute atomic E-state index is 12.2. The first-order valence-electron chi connectivity index (χ1n) is 6.14. The lowest BCUT2D eigenvalue weighted by atomic mass is 10.1. The lowest BCUT2D eigenvalue weighted by Gasteiger charge is -2.23. The monoisotopic (exact) mass is 398 g/mol. The van der Waals surface area contributed by atoms with E-state index in [0.29, 0.717) is 5.56 Å². The molecular formula is C16H15IO2S. The predicted molar refractivity (Wildman–Crippen MR) is 92.0 cm³/mol. The minimum atomic E-state index is -0.623. The zero-order valence-electron chi connectivity index (χ0n) is 11.4. The molecule has 0 amide bonds. The first kappa shape index (κ1) is 15.3. The molecule has 2 rings (SSSR count). The van der Waals surface area contributed by atoms with Gasteiger partial charge in [-0.3, -0.25) is 0 Å². The third-order valence-electron chi connectivity index (χ3n) is 2.90. The fraction of sp³-hybridized carbons (Fsp3) is 0.188. The van der Waals surface area contributed by atoms with E-state index in [0.717, 1.165) is 10.4 Å². The molecule has 0 saturated carbocycles. The van der Waals surface area contributed by atoms with Gasteiger partial charge in [0.05, 0.1) is 8.45 Å². The van der Waals surface area contributed by atoms with Crippen LogP contribution in [0.5, 0.6) is 0 Å². The third kappa shape index (κ3) is 3.49. The average molecular weight is 398 g/mol. The van der Waals surface area contributed by atoms with Crippen LogP contribution in [0.25, 0.3) is 6.08 Å². The van der Waals surface area contributed by atoms with Gasteiger partial charge in [-0.05, 0) is 66.3 Å². The largest absolute Gasteiger partial charge is 0.450 e. The van der Waals surface area contributed by atoms with Crippen molar-refractivity contribution in [2.45, 2.75) is 19.4 Å². The van der Waals surface area contributed by atoms with Crippen LogP contribution >= 0.6 is 33.9 Å². The van der Waals surface area contributed by atoms with Gasteiger partial charge in [-0.25, -0.2) is 4.79 Å². The summed E-state index contributed by atoms with van der Waals surface area (Å²) in [6, 6.07) is 11.2. The van der Waals surface area contributed by atoms with Crippen LogP contribution in [0.3, 0.4) is 0 Å². The van der Waals surface area contributed by atoms with Gasteiger partial charge < -0.3 is 4.74 Å². The maximum Gasteiger partial charge on any atom is 0.339 e. The molecule has 0 bridgehead atoms. The van der Waals surface area contributed by atoms with Gasteiger partial charge in [0.15, 0.2) is 0 Å². The van der Waals surface area contributed by atoms with E-state index in [1.807, 2.05) is 38.1 Å². The Morgan fingerprint density at radius 2 is 1.90 bits per heavy atom. The van der Waals surface area contributed by atoms with Crippen LogP contribution in [0.2, 0.25) is 0 Å². The zero-order chi connectivity index (χ0) is 14.8. The fourth-order valence-electron chi connectivity index (χ4n) is 1.73. The van der Waals surface area contributed by atoms with E-state index in [9.17, 15) is 4.79 Å². The summed E-state index contributed by atoms with van der Waals surface area (Å²) < 4.78 is 6.82. The Labute approximate surface area is 136 Å². The first-order chi connectivity index (χ1) is 9.42. The molecule has 20 heavy (non-hydrogen) atoms. The van der Waals surface area contributed by atoms with Crippen LogP contribution < -0.4 is 0 Å². The number of carbonyl (C=O) groups is 1. The maximum atomic E-state index is 12.2. The molecule has 0 aliphatic heterocycles. The van der Waals surface area contributed by atoms with E-state index in [4.69, 9.17) is 4.74 Å². The summed E-state index contributed by atoms with van der Waals surface area (Å²) in [6.45, 7) is 7.51. The van der Waals surface area contributed by atoms with Gasteiger partial charge in [0.2, 0.25) is 0 Å². The van der Waals surface area contributed by atoms with Gasteiger partial charge in [0, 0.05) is 4.88 Å². The molecule has 4 heteroatoms. The summed E-state index contributed by atoms with van der Waals surface area (Å²) in [7, 11) is 0. The fourth-order valence-corrected chi connectivity index (χ4v) is 3.40. The third-order valence-corrected chi connectivity index (χ3v) is 5.10. The van der Waals surface area contributed by atoms with Crippen molar-refractivity contribution in [3.05, 3.63) is 61.9 Å². The normalized spacial score (nSPS) is 11.2. The topological polar surface area (TPSA) is 26.3 Å². The number of hydrogen-bond acceptors (Lipinski definition) is 3. The number of rotatable bonds is 4. The second-order valence-corrected chi connectivity index (χ2v) is 7.81. The Kier molecular flexibility index (Phi) is 4.65. The Morgan fingerprint density at radius 3 is 2.40 bits per heavy atom. The first-order valence-corrected chi connectivity index (χ1v) is 8.03. The molecule has 1 aromatic carbocycles. The molecule has 0 unspecified atom stereocenters. The number of hydrogen-bond donors (Lipinski definition) is 0. The molecule has 2 nitrogen and oxygen atoms in total. The van der Waals surface area contributed by atoms with Crippen LogP contribution in [-0.4, -0.2) is 5.97 Å². The highest BCUT2D eigenvalue weighted by Crippen LogP contribution is 2.32. The number of thiophene rings is 1. The van der Waals surface area contributed by atoms with E-state index in [-0.39, 0.29) is 5.97 Å². The van der Waals surface area contributed by atoms with Gasteiger partial charge in [0.1, 0.15) is 5.60 Å². The molecule has 0 aliphatic carbocycles. The number of carbonyl (C=O) groups excluding carboxylic acids is 1. The average Bonchev–Trinajstić information content (AvgIpc) is 2.86. The summed E-state index contributed by atoms with van der Waals surface area (Å²) >= 11 is 3.90. The Balaban J connectivity index is 2.15. The van der Waals surface area contributed by atoms with Crippen molar-refractivity contribution in [3.8, 4) is 0 Å². The van der Waals surface area contributed by atoms with E-state index >= 15 is 0 Å². The predicted octanol–water partition coefficient (Wildman–Crippen LogP) is 5.09. The molecule has 0 spiro atoms.